The van der Waals surface area contributed by atoms with Gasteiger partial charge in [0.05, 0.1) is 11.4 Å². The number of fused-ring (bicyclic) bond motifs is 4. The fourth-order valence-corrected chi connectivity index (χ4v) is 5.20. The molecule has 1 unspecified atom stereocenters. The molecule has 3 aliphatic heterocycles. The smallest absolute Gasteiger partial charge is 0.192 e. The van der Waals surface area contributed by atoms with Crippen LogP contribution in [0.2, 0.25) is 0 Å². The Morgan fingerprint density at radius 3 is 2.52 bits per heavy atom. The van der Waals surface area contributed by atoms with Crippen LogP contribution in [0.1, 0.15) is 25.7 Å². The minimum Gasteiger partial charge on any atom is -0.504 e. The lowest BCUT2D eigenvalue weighted by molar-refractivity contribution is 0.350. The summed E-state index contributed by atoms with van der Waals surface area (Å²) in [6.45, 7) is 0. The third-order valence-corrected chi connectivity index (χ3v) is 6.49. The highest BCUT2D eigenvalue weighted by atomic mass is 16.5. The van der Waals surface area contributed by atoms with Gasteiger partial charge in [0.2, 0.25) is 0 Å². The van der Waals surface area contributed by atoms with E-state index in [-0.39, 0.29) is 5.75 Å². The predicted octanol–water partition coefficient (Wildman–Crippen LogP) is 4.98. The molecule has 2 fully saturated rings. The summed E-state index contributed by atoms with van der Waals surface area (Å²) in [6, 6.07) is 17.6. The molecule has 0 saturated carbocycles. The molecule has 29 heavy (non-hydrogen) atoms. The van der Waals surface area contributed by atoms with Crippen molar-refractivity contribution < 1.29 is 9.84 Å². The van der Waals surface area contributed by atoms with E-state index in [4.69, 9.17) is 4.74 Å². The van der Waals surface area contributed by atoms with Gasteiger partial charge < -0.3 is 20.1 Å². The van der Waals surface area contributed by atoms with E-state index in [0.717, 1.165) is 41.1 Å². The van der Waals surface area contributed by atoms with E-state index in [1.54, 1.807) is 18.5 Å². The zero-order valence-corrected chi connectivity index (χ0v) is 16.1. The maximum atomic E-state index is 10.5. The third-order valence-electron chi connectivity index (χ3n) is 6.49. The van der Waals surface area contributed by atoms with Crippen LogP contribution in [0.3, 0.4) is 0 Å². The monoisotopic (exact) mass is 385 g/mol. The Labute approximate surface area is 170 Å². The van der Waals surface area contributed by atoms with Crippen LogP contribution in [0.5, 0.6) is 17.2 Å². The number of para-hydroxylation sites is 1. The molecular weight excluding hydrogens is 362 g/mol. The summed E-state index contributed by atoms with van der Waals surface area (Å²) >= 11 is 0. The lowest BCUT2D eigenvalue weighted by Gasteiger charge is -2.42. The SMILES string of the molecule is Oc1cccc2c1Oc1cc(-c3ccncc3)ccc1N2C1C[C@H]2CC[C@@H](C1)N2. The predicted molar refractivity (Wildman–Crippen MR) is 113 cm³/mol. The van der Waals surface area contributed by atoms with Crippen molar-refractivity contribution >= 4 is 11.4 Å². The number of benzene rings is 2. The van der Waals surface area contributed by atoms with Crippen molar-refractivity contribution in [3.05, 3.63) is 60.9 Å². The van der Waals surface area contributed by atoms with E-state index in [0.29, 0.717) is 23.9 Å². The van der Waals surface area contributed by atoms with Gasteiger partial charge >= 0.3 is 0 Å². The molecule has 4 heterocycles. The number of piperidine rings is 1. The van der Waals surface area contributed by atoms with Crippen molar-refractivity contribution in [1.29, 1.82) is 0 Å². The van der Waals surface area contributed by atoms with Gasteiger partial charge in [0.1, 0.15) is 0 Å². The number of hydrogen-bond acceptors (Lipinski definition) is 5. The second-order valence-corrected chi connectivity index (χ2v) is 8.28. The number of aromatic nitrogens is 1. The summed E-state index contributed by atoms with van der Waals surface area (Å²) in [5, 5.41) is 14.3. The molecule has 2 saturated heterocycles. The van der Waals surface area contributed by atoms with Crippen LogP contribution in [-0.2, 0) is 0 Å². The van der Waals surface area contributed by atoms with Gasteiger partial charge in [0, 0.05) is 30.5 Å². The molecule has 146 valence electrons. The molecule has 5 nitrogen and oxygen atoms in total. The highest BCUT2D eigenvalue weighted by Crippen LogP contribution is 2.53. The summed E-state index contributed by atoms with van der Waals surface area (Å²) in [6.07, 6.45) is 8.33. The van der Waals surface area contributed by atoms with Crippen molar-refractivity contribution in [2.45, 2.75) is 43.8 Å². The maximum absolute atomic E-state index is 10.5. The summed E-state index contributed by atoms with van der Waals surface area (Å²) < 4.78 is 6.24. The number of nitrogens with one attached hydrogen (secondary N) is 1. The minimum atomic E-state index is 0.185. The average molecular weight is 385 g/mol. The van der Waals surface area contributed by atoms with E-state index in [1.165, 1.54) is 12.8 Å². The van der Waals surface area contributed by atoms with E-state index >= 15 is 0 Å². The zero-order valence-electron chi connectivity index (χ0n) is 16.1. The maximum Gasteiger partial charge on any atom is 0.192 e. The number of ether oxygens (including phenoxy) is 1. The lowest BCUT2D eigenvalue weighted by Crippen LogP contribution is -2.47. The van der Waals surface area contributed by atoms with Crippen LogP contribution in [0.25, 0.3) is 11.1 Å². The summed E-state index contributed by atoms with van der Waals surface area (Å²) in [5.74, 6) is 1.53. The van der Waals surface area contributed by atoms with Gasteiger partial charge in [-0.05, 0) is 73.2 Å². The number of rotatable bonds is 2. The van der Waals surface area contributed by atoms with E-state index in [2.05, 4.69) is 39.5 Å². The van der Waals surface area contributed by atoms with Crippen molar-refractivity contribution in [3.63, 3.8) is 0 Å². The molecule has 0 spiro atoms. The number of pyridine rings is 1. The number of aromatic hydroxyl groups is 1. The van der Waals surface area contributed by atoms with Crippen LogP contribution in [0.4, 0.5) is 11.4 Å². The molecule has 5 heteroatoms. The summed E-state index contributed by atoms with van der Waals surface area (Å²) in [5.41, 5.74) is 4.21. The Bertz CT molecular complexity index is 1060. The number of nitrogens with zero attached hydrogens (tertiary/aromatic N) is 2. The van der Waals surface area contributed by atoms with Crippen LogP contribution < -0.4 is 15.0 Å². The largest absolute Gasteiger partial charge is 0.504 e. The van der Waals surface area contributed by atoms with Crippen molar-refractivity contribution in [2.24, 2.45) is 0 Å². The average Bonchev–Trinajstić information content (AvgIpc) is 3.10. The van der Waals surface area contributed by atoms with Gasteiger partial charge in [0.15, 0.2) is 17.2 Å². The molecule has 3 aliphatic rings. The van der Waals surface area contributed by atoms with Gasteiger partial charge in [-0.1, -0.05) is 12.1 Å². The van der Waals surface area contributed by atoms with Crippen LogP contribution in [0.15, 0.2) is 60.9 Å². The second-order valence-electron chi connectivity index (χ2n) is 8.28. The highest BCUT2D eigenvalue weighted by molar-refractivity contribution is 5.83. The minimum absolute atomic E-state index is 0.185. The van der Waals surface area contributed by atoms with E-state index in [9.17, 15) is 5.11 Å². The Balaban J connectivity index is 1.47. The van der Waals surface area contributed by atoms with Gasteiger partial charge in [-0.15, -0.1) is 0 Å². The van der Waals surface area contributed by atoms with Crippen molar-refractivity contribution in [2.75, 3.05) is 4.90 Å². The van der Waals surface area contributed by atoms with Crippen LogP contribution >= 0.6 is 0 Å². The lowest BCUT2D eigenvalue weighted by atomic mass is 9.95. The van der Waals surface area contributed by atoms with Gasteiger partial charge in [-0.25, -0.2) is 0 Å². The summed E-state index contributed by atoms with van der Waals surface area (Å²) in [4.78, 5) is 6.51. The van der Waals surface area contributed by atoms with Crippen LogP contribution in [-0.4, -0.2) is 28.2 Å². The molecule has 0 radical (unpaired) electrons. The topological polar surface area (TPSA) is 57.6 Å². The molecule has 2 aromatic carbocycles. The number of phenolic OH excluding ortho intramolecular Hbond substituents is 1. The molecule has 6 rings (SSSR count). The number of anilines is 2. The molecule has 0 amide bonds. The quantitative estimate of drug-likeness (QED) is 0.651. The fourth-order valence-electron chi connectivity index (χ4n) is 5.20. The summed E-state index contributed by atoms with van der Waals surface area (Å²) in [7, 11) is 0. The second kappa shape index (κ2) is 6.49. The molecule has 1 aromatic heterocycles. The Morgan fingerprint density at radius 1 is 0.931 bits per heavy atom. The van der Waals surface area contributed by atoms with Gasteiger partial charge in [-0.3, -0.25) is 4.98 Å². The van der Waals surface area contributed by atoms with Gasteiger partial charge in [0.25, 0.3) is 0 Å². The standard InChI is InChI=1S/C24H23N3O2/c28-22-3-1-2-21-24(22)29-23-12-16(15-8-10-25-11-9-15)4-7-20(23)27(21)19-13-17-5-6-18(14-19)26-17/h1-4,7-12,17-19,26,28H,5-6,13-14H2/t17-,18+,19?. The first-order valence-electron chi connectivity index (χ1n) is 10.4. The van der Waals surface area contributed by atoms with Crippen LogP contribution in [0, 0.1) is 0 Å². The van der Waals surface area contributed by atoms with Gasteiger partial charge in [-0.2, -0.15) is 0 Å². The highest BCUT2D eigenvalue weighted by Gasteiger charge is 2.39. The molecule has 2 N–H and O–H groups in total. The molecule has 3 aromatic rings. The normalized spacial score (nSPS) is 24.6. The van der Waals surface area contributed by atoms with Crippen molar-refractivity contribution in [1.82, 2.24) is 10.3 Å². The molecule has 2 bridgehead atoms. The zero-order chi connectivity index (χ0) is 19.4. The van der Waals surface area contributed by atoms with E-state index in [1.807, 2.05) is 18.2 Å². The molecule has 3 atom stereocenters. The van der Waals surface area contributed by atoms with Crippen molar-refractivity contribution in [3.8, 4) is 28.4 Å². The van der Waals surface area contributed by atoms with E-state index < -0.39 is 0 Å². The number of hydrogen-bond donors (Lipinski definition) is 2. The first-order chi connectivity index (χ1) is 14.3. The third kappa shape index (κ3) is 2.76. The first-order valence-corrected chi connectivity index (χ1v) is 10.4. The number of phenols is 1. The Morgan fingerprint density at radius 2 is 1.72 bits per heavy atom. The molecular formula is C24H23N3O2. The first kappa shape index (κ1) is 16.9. The molecule has 0 aliphatic carbocycles. The Kier molecular flexibility index (Phi) is 3.78. The fraction of sp³-hybridized carbons (Fsp3) is 0.292. The Hall–Kier alpha value is -3.05.